The molecule has 0 aliphatic carbocycles. The number of carboxylic acids is 1. The average Bonchev–Trinajstić information content (AvgIpc) is 2.40. The number of hydrogen-bond acceptors (Lipinski definition) is 4. The molecule has 1 saturated heterocycles. The van der Waals surface area contributed by atoms with Crippen molar-refractivity contribution in [2.75, 3.05) is 18.5 Å². The van der Waals surface area contributed by atoms with E-state index in [0.29, 0.717) is 31.7 Å². The van der Waals surface area contributed by atoms with E-state index in [4.69, 9.17) is 9.84 Å². The van der Waals surface area contributed by atoms with Crippen LogP contribution in [0.25, 0.3) is 0 Å². The van der Waals surface area contributed by atoms with Gasteiger partial charge >= 0.3 is 5.97 Å². The number of amides is 1. The molecule has 1 aromatic rings. The first-order valence-electron chi connectivity index (χ1n) is 5.75. The van der Waals surface area contributed by atoms with E-state index in [2.05, 4.69) is 10.3 Å². The van der Waals surface area contributed by atoms with E-state index in [1.54, 1.807) is 6.07 Å². The number of carbonyl (C=O) groups is 2. The first kappa shape index (κ1) is 12.5. The predicted molar refractivity (Wildman–Crippen MR) is 63.4 cm³/mol. The standard InChI is InChI=1S/C12H14N2O4/c15-11(8-2-5-18-6-3-8)14-9-1-4-13-10(7-9)12(16)17/h1,4,7-8H,2-3,5-6H2,(H,16,17)(H,13,14,15). The summed E-state index contributed by atoms with van der Waals surface area (Å²) in [5, 5.41) is 11.5. The lowest BCUT2D eigenvalue weighted by atomic mass is 9.99. The fraction of sp³-hybridized carbons (Fsp3) is 0.417. The predicted octanol–water partition coefficient (Wildman–Crippen LogP) is 1.14. The molecule has 0 aromatic carbocycles. The lowest BCUT2D eigenvalue weighted by molar-refractivity contribution is -0.122. The molecule has 0 radical (unpaired) electrons. The molecule has 1 aromatic heterocycles. The van der Waals surface area contributed by atoms with E-state index in [-0.39, 0.29) is 17.5 Å². The van der Waals surface area contributed by atoms with E-state index < -0.39 is 5.97 Å². The van der Waals surface area contributed by atoms with Crippen LogP contribution >= 0.6 is 0 Å². The van der Waals surface area contributed by atoms with Crippen LogP contribution in [-0.2, 0) is 9.53 Å². The van der Waals surface area contributed by atoms with Crippen LogP contribution in [0.2, 0.25) is 0 Å². The zero-order valence-corrected chi connectivity index (χ0v) is 9.76. The Morgan fingerprint density at radius 1 is 1.39 bits per heavy atom. The summed E-state index contributed by atoms with van der Waals surface area (Å²) >= 11 is 0. The monoisotopic (exact) mass is 250 g/mol. The molecule has 2 rings (SSSR count). The summed E-state index contributed by atoms with van der Waals surface area (Å²) in [5.41, 5.74) is 0.374. The van der Waals surface area contributed by atoms with Crippen molar-refractivity contribution in [3.05, 3.63) is 24.0 Å². The van der Waals surface area contributed by atoms with Gasteiger partial charge in [-0.2, -0.15) is 0 Å². The van der Waals surface area contributed by atoms with Gasteiger partial charge in [-0.25, -0.2) is 9.78 Å². The fourth-order valence-corrected chi connectivity index (χ4v) is 1.83. The van der Waals surface area contributed by atoms with Gasteiger partial charge < -0.3 is 15.2 Å². The number of ether oxygens (including phenoxy) is 1. The lowest BCUT2D eigenvalue weighted by Crippen LogP contribution is -2.28. The number of nitrogens with zero attached hydrogens (tertiary/aromatic N) is 1. The molecule has 0 bridgehead atoms. The van der Waals surface area contributed by atoms with Gasteiger partial charge in [0.2, 0.25) is 5.91 Å². The van der Waals surface area contributed by atoms with E-state index >= 15 is 0 Å². The average molecular weight is 250 g/mol. The normalized spacial score (nSPS) is 16.2. The number of aromatic nitrogens is 1. The van der Waals surface area contributed by atoms with Crippen LogP contribution < -0.4 is 5.32 Å². The molecule has 6 nitrogen and oxygen atoms in total. The van der Waals surface area contributed by atoms with Gasteiger partial charge in [-0.15, -0.1) is 0 Å². The van der Waals surface area contributed by atoms with E-state index in [9.17, 15) is 9.59 Å². The molecule has 1 amide bonds. The second-order valence-corrected chi connectivity index (χ2v) is 4.11. The van der Waals surface area contributed by atoms with Crippen LogP contribution in [0, 0.1) is 5.92 Å². The summed E-state index contributed by atoms with van der Waals surface area (Å²) in [6.07, 6.45) is 2.76. The fourth-order valence-electron chi connectivity index (χ4n) is 1.83. The Morgan fingerprint density at radius 2 is 2.11 bits per heavy atom. The quantitative estimate of drug-likeness (QED) is 0.839. The van der Waals surface area contributed by atoms with Gasteiger partial charge in [0.25, 0.3) is 0 Å². The molecule has 1 aliphatic rings. The summed E-state index contributed by atoms with van der Waals surface area (Å²) in [7, 11) is 0. The van der Waals surface area contributed by atoms with E-state index in [1.807, 2.05) is 0 Å². The molecule has 2 N–H and O–H groups in total. The number of nitrogens with one attached hydrogen (secondary N) is 1. The second-order valence-electron chi connectivity index (χ2n) is 4.11. The summed E-state index contributed by atoms with van der Waals surface area (Å²) in [6, 6.07) is 2.92. The van der Waals surface area contributed by atoms with Gasteiger partial charge in [0.05, 0.1) is 0 Å². The van der Waals surface area contributed by atoms with Gasteiger partial charge in [0, 0.05) is 31.0 Å². The number of aromatic carboxylic acids is 1. The third kappa shape index (κ3) is 3.04. The zero-order valence-electron chi connectivity index (χ0n) is 9.76. The number of rotatable bonds is 3. The SMILES string of the molecule is O=C(O)c1cc(NC(=O)C2CCOCC2)ccn1. The number of carbonyl (C=O) groups excluding carboxylic acids is 1. The van der Waals surface area contributed by atoms with Crippen molar-refractivity contribution in [3.8, 4) is 0 Å². The first-order chi connectivity index (χ1) is 8.66. The molecule has 0 atom stereocenters. The highest BCUT2D eigenvalue weighted by Crippen LogP contribution is 2.17. The first-order valence-corrected chi connectivity index (χ1v) is 5.75. The van der Waals surface area contributed by atoms with Crippen LogP contribution in [0.15, 0.2) is 18.3 Å². The molecular weight excluding hydrogens is 236 g/mol. The van der Waals surface area contributed by atoms with Crippen LogP contribution in [0.1, 0.15) is 23.3 Å². The summed E-state index contributed by atoms with van der Waals surface area (Å²) < 4.78 is 5.18. The lowest BCUT2D eigenvalue weighted by Gasteiger charge is -2.21. The van der Waals surface area contributed by atoms with Crippen LogP contribution in [0.5, 0.6) is 0 Å². The number of anilines is 1. The maximum atomic E-state index is 11.9. The van der Waals surface area contributed by atoms with Crippen molar-refractivity contribution in [2.24, 2.45) is 5.92 Å². The highest BCUT2D eigenvalue weighted by Gasteiger charge is 2.21. The molecular formula is C12H14N2O4. The highest BCUT2D eigenvalue weighted by atomic mass is 16.5. The minimum Gasteiger partial charge on any atom is -0.477 e. The van der Waals surface area contributed by atoms with E-state index in [0.717, 1.165) is 0 Å². The van der Waals surface area contributed by atoms with Crippen LogP contribution in [0.4, 0.5) is 5.69 Å². The molecule has 1 fully saturated rings. The maximum absolute atomic E-state index is 11.9. The Labute approximate surface area is 104 Å². The van der Waals surface area contributed by atoms with Crippen molar-refractivity contribution in [1.29, 1.82) is 0 Å². The summed E-state index contributed by atoms with van der Waals surface area (Å²) in [4.78, 5) is 26.4. The Bertz CT molecular complexity index is 455. The van der Waals surface area contributed by atoms with Crippen molar-refractivity contribution in [2.45, 2.75) is 12.8 Å². The van der Waals surface area contributed by atoms with Gasteiger partial charge in [-0.1, -0.05) is 0 Å². The third-order valence-electron chi connectivity index (χ3n) is 2.84. The summed E-state index contributed by atoms with van der Waals surface area (Å²) in [6.45, 7) is 1.18. The highest BCUT2D eigenvalue weighted by molar-refractivity contribution is 5.94. The van der Waals surface area contributed by atoms with Gasteiger partial charge in [-0.3, -0.25) is 4.79 Å². The van der Waals surface area contributed by atoms with Crippen molar-refractivity contribution < 1.29 is 19.4 Å². The Morgan fingerprint density at radius 3 is 2.78 bits per heavy atom. The largest absolute Gasteiger partial charge is 0.477 e. The minimum atomic E-state index is -1.11. The van der Waals surface area contributed by atoms with Crippen molar-refractivity contribution in [3.63, 3.8) is 0 Å². The number of hydrogen-bond donors (Lipinski definition) is 2. The maximum Gasteiger partial charge on any atom is 0.354 e. The van der Waals surface area contributed by atoms with Crippen molar-refractivity contribution >= 4 is 17.6 Å². The Balaban J connectivity index is 2.02. The van der Waals surface area contributed by atoms with Crippen molar-refractivity contribution in [1.82, 2.24) is 4.98 Å². The molecule has 0 saturated carbocycles. The second kappa shape index (κ2) is 5.59. The van der Waals surface area contributed by atoms with Gasteiger partial charge in [0.1, 0.15) is 5.69 Å². The van der Waals surface area contributed by atoms with E-state index in [1.165, 1.54) is 12.3 Å². The Hall–Kier alpha value is -1.95. The van der Waals surface area contributed by atoms with Gasteiger partial charge in [-0.05, 0) is 25.0 Å². The molecule has 0 spiro atoms. The minimum absolute atomic E-state index is 0.0693. The topological polar surface area (TPSA) is 88.5 Å². The molecule has 6 heteroatoms. The van der Waals surface area contributed by atoms with Crippen LogP contribution in [0.3, 0.4) is 0 Å². The molecule has 96 valence electrons. The Kier molecular flexibility index (Phi) is 3.88. The van der Waals surface area contributed by atoms with Gasteiger partial charge in [0.15, 0.2) is 0 Å². The molecule has 0 unspecified atom stereocenters. The third-order valence-corrected chi connectivity index (χ3v) is 2.84. The molecule has 2 heterocycles. The molecule has 18 heavy (non-hydrogen) atoms. The smallest absolute Gasteiger partial charge is 0.354 e. The zero-order chi connectivity index (χ0) is 13.0. The number of pyridine rings is 1. The molecule has 1 aliphatic heterocycles. The summed E-state index contributed by atoms with van der Waals surface area (Å²) in [5.74, 6) is -1.28. The van der Waals surface area contributed by atoms with Crippen LogP contribution in [-0.4, -0.2) is 35.2 Å². The number of carboxylic acid groups (broad SMARTS) is 1.